The molecule has 0 fully saturated rings. The summed E-state index contributed by atoms with van der Waals surface area (Å²) in [7, 11) is 0. The van der Waals surface area contributed by atoms with Gasteiger partial charge in [-0.1, -0.05) is 11.6 Å². The topological polar surface area (TPSA) is 120 Å². The number of anilines is 5. The maximum absolute atomic E-state index is 6.09. The molecule has 0 aliphatic heterocycles. The molecule has 2 aromatic heterocycles. The monoisotopic (exact) mass is 289 g/mol. The van der Waals surface area contributed by atoms with Gasteiger partial charge in [-0.3, -0.25) is 0 Å². The van der Waals surface area contributed by atoms with Gasteiger partial charge in [0.2, 0.25) is 0 Å². The molecule has 0 aliphatic rings. The third-order valence-corrected chi connectivity index (χ3v) is 3.11. The van der Waals surface area contributed by atoms with Crippen molar-refractivity contribution in [3.8, 4) is 0 Å². The predicted molar refractivity (Wildman–Crippen MR) is 81.0 cm³/mol. The van der Waals surface area contributed by atoms with Crippen LogP contribution in [0, 0.1) is 0 Å². The summed E-state index contributed by atoms with van der Waals surface area (Å²) in [5, 5.41) is 7.88. The highest BCUT2D eigenvalue weighted by atomic mass is 35.5. The van der Waals surface area contributed by atoms with Gasteiger partial charge >= 0.3 is 0 Å². The van der Waals surface area contributed by atoms with Crippen LogP contribution in [0.25, 0.3) is 5.65 Å². The number of hydrogen-bond acceptors (Lipinski definition) is 6. The minimum absolute atomic E-state index is 0.397. The number of imidazole rings is 1. The predicted octanol–water partition coefficient (Wildman–Crippen LogP) is 1.87. The number of fused-ring (bicyclic) bond motifs is 1. The number of halogens is 1. The Morgan fingerprint density at radius 3 is 2.75 bits per heavy atom. The summed E-state index contributed by atoms with van der Waals surface area (Å²) in [6.07, 6.45) is 1.50. The Hall–Kier alpha value is -2.67. The molecular weight excluding hydrogens is 278 g/mol. The first-order chi connectivity index (χ1) is 9.54. The van der Waals surface area contributed by atoms with E-state index in [-0.39, 0.29) is 0 Å². The summed E-state index contributed by atoms with van der Waals surface area (Å²) in [4.78, 5) is 4.07. The van der Waals surface area contributed by atoms with Crippen molar-refractivity contribution in [2.75, 3.05) is 22.5 Å². The second-order valence-corrected chi connectivity index (χ2v) is 4.67. The molecule has 1 aromatic carbocycles. The van der Waals surface area contributed by atoms with Gasteiger partial charge < -0.3 is 22.5 Å². The maximum Gasteiger partial charge on any atom is 0.179 e. The zero-order chi connectivity index (χ0) is 14.3. The largest absolute Gasteiger partial charge is 0.399 e. The summed E-state index contributed by atoms with van der Waals surface area (Å²) >= 11 is 6.09. The van der Waals surface area contributed by atoms with Crippen LogP contribution in [-0.2, 0) is 0 Å². The normalized spacial score (nSPS) is 10.8. The Morgan fingerprint density at radius 2 is 1.95 bits per heavy atom. The van der Waals surface area contributed by atoms with Crippen molar-refractivity contribution in [3.05, 3.63) is 35.5 Å². The SMILES string of the molecule is Nc1ccc(Cl)c(Nc2cc(N)c3ncc(N)n3n2)c1. The molecule has 0 bridgehead atoms. The smallest absolute Gasteiger partial charge is 0.179 e. The Bertz CT molecular complexity index is 796. The van der Waals surface area contributed by atoms with E-state index in [0.29, 0.717) is 39.4 Å². The van der Waals surface area contributed by atoms with E-state index in [4.69, 9.17) is 28.8 Å². The first-order valence-electron chi connectivity index (χ1n) is 5.76. The molecule has 0 aliphatic carbocycles. The van der Waals surface area contributed by atoms with Crippen LogP contribution < -0.4 is 22.5 Å². The number of rotatable bonds is 2. The minimum Gasteiger partial charge on any atom is -0.399 e. The van der Waals surface area contributed by atoms with Crippen molar-refractivity contribution in [1.29, 1.82) is 0 Å². The number of aromatic nitrogens is 3. The van der Waals surface area contributed by atoms with Gasteiger partial charge in [0.25, 0.3) is 0 Å². The third kappa shape index (κ3) is 2.04. The Balaban J connectivity index is 2.06. The zero-order valence-electron chi connectivity index (χ0n) is 10.3. The molecule has 102 valence electrons. The Morgan fingerprint density at radius 1 is 1.15 bits per heavy atom. The molecule has 0 spiro atoms. The van der Waals surface area contributed by atoms with E-state index in [2.05, 4.69) is 15.4 Å². The molecule has 0 radical (unpaired) electrons. The fourth-order valence-corrected chi connectivity index (χ4v) is 2.01. The lowest BCUT2D eigenvalue weighted by atomic mass is 10.3. The van der Waals surface area contributed by atoms with Crippen LogP contribution in [0.3, 0.4) is 0 Å². The molecule has 0 unspecified atom stereocenters. The van der Waals surface area contributed by atoms with Crippen molar-refractivity contribution < 1.29 is 0 Å². The minimum atomic E-state index is 0.397. The van der Waals surface area contributed by atoms with Crippen LogP contribution in [-0.4, -0.2) is 14.6 Å². The molecule has 3 rings (SSSR count). The molecule has 20 heavy (non-hydrogen) atoms. The second-order valence-electron chi connectivity index (χ2n) is 4.27. The molecule has 7 nitrogen and oxygen atoms in total. The lowest BCUT2D eigenvalue weighted by Crippen LogP contribution is -2.05. The number of nitrogen functional groups attached to an aromatic ring is 3. The summed E-state index contributed by atoms with van der Waals surface area (Å²) in [6, 6.07) is 6.78. The highest BCUT2D eigenvalue weighted by Crippen LogP contribution is 2.28. The molecule has 0 saturated heterocycles. The molecule has 0 saturated carbocycles. The van der Waals surface area contributed by atoms with Crippen LogP contribution in [0.1, 0.15) is 0 Å². The van der Waals surface area contributed by atoms with Crippen molar-refractivity contribution in [3.63, 3.8) is 0 Å². The van der Waals surface area contributed by atoms with Gasteiger partial charge in [0.1, 0.15) is 5.82 Å². The molecule has 0 atom stereocenters. The van der Waals surface area contributed by atoms with E-state index in [1.54, 1.807) is 24.3 Å². The molecule has 8 heteroatoms. The zero-order valence-corrected chi connectivity index (χ0v) is 11.1. The van der Waals surface area contributed by atoms with Crippen LogP contribution in [0.2, 0.25) is 5.02 Å². The van der Waals surface area contributed by atoms with E-state index in [1.807, 2.05) is 0 Å². The molecule has 3 aromatic rings. The highest BCUT2D eigenvalue weighted by molar-refractivity contribution is 6.33. The lowest BCUT2D eigenvalue weighted by molar-refractivity contribution is 0.954. The average Bonchev–Trinajstić information content (AvgIpc) is 2.77. The van der Waals surface area contributed by atoms with Crippen molar-refractivity contribution in [2.24, 2.45) is 0 Å². The number of benzene rings is 1. The summed E-state index contributed by atoms with van der Waals surface area (Å²) in [6.45, 7) is 0. The van der Waals surface area contributed by atoms with Crippen LogP contribution >= 0.6 is 11.6 Å². The number of hydrogen-bond donors (Lipinski definition) is 4. The maximum atomic E-state index is 6.09. The quantitative estimate of drug-likeness (QED) is 0.535. The highest BCUT2D eigenvalue weighted by Gasteiger charge is 2.09. The van der Waals surface area contributed by atoms with E-state index in [1.165, 1.54) is 10.7 Å². The van der Waals surface area contributed by atoms with Gasteiger partial charge in [-0.2, -0.15) is 4.52 Å². The molecule has 2 heterocycles. The van der Waals surface area contributed by atoms with Crippen molar-refractivity contribution in [2.45, 2.75) is 0 Å². The third-order valence-electron chi connectivity index (χ3n) is 2.78. The van der Waals surface area contributed by atoms with Gasteiger partial charge in [-0.25, -0.2) is 4.98 Å². The summed E-state index contributed by atoms with van der Waals surface area (Å²) < 4.78 is 1.46. The van der Waals surface area contributed by atoms with Crippen molar-refractivity contribution >= 4 is 45.9 Å². The van der Waals surface area contributed by atoms with Gasteiger partial charge in [0.15, 0.2) is 11.5 Å². The first-order valence-corrected chi connectivity index (χ1v) is 6.14. The number of nitrogens with one attached hydrogen (secondary N) is 1. The van der Waals surface area contributed by atoms with Crippen LogP contribution in [0.5, 0.6) is 0 Å². The molecular formula is C12H12ClN7. The van der Waals surface area contributed by atoms with Gasteiger partial charge in [0.05, 0.1) is 22.6 Å². The van der Waals surface area contributed by atoms with E-state index in [9.17, 15) is 0 Å². The van der Waals surface area contributed by atoms with E-state index >= 15 is 0 Å². The lowest BCUT2D eigenvalue weighted by Gasteiger charge is -2.10. The van der Waals surface area contributed by atoms with Gasteiger partial charge in [-0.15, -0.1) is 5.10 Å². The first kappa shape index (κ1) is 12.4. The van der Waals surface area contributed by atoms with Crippen molar-refractivity contribution in [1.82, 2.24) is 14.6 Å². The van der Waals surface area contributed by atoms with E-state index < -0.39 is 0 Å². The molecule has 0 amide bonds. The standard InChI is InChI=1S/C12H12ClN7/c13-7-2-1-6(14)3-9(7)18-11-4-8(15)12-17-5-10(16)20(12)19-11/h1-5H,14-16H2,(H,18,19). The Kier molecular flexibility index (Phi) is 2.76. The fourth-order valence-electron chi connectivity index (χ4n) is 1.85. The van der Waals surface area contributed by atoms with Crippen LogP contribution in [0.4, 0.5) is 28.7 Å². The van der Waals surface area contributed by atoms with Gasteiger partial charge in [-0.05, 0) is 18.2 Å². The van der Waals surface area contributed by atoms with Crippen LogP contribution in [0.15, 0.2) is 30.5 Å². The van der Waals surface area contributed by atoms with Gasteiger partial charge in [0, 0.05) is 11.8 Å². The second kappa shape index (κ2) is 4.46. The average molecular weight is 290 g/mol. The Labute approximate surface area is 119 Å². The van der Waals surface area contributed by atoms with E-state index in [0.717, 1.165) is 0 Å². The fraction of sp³-hybridized carbons (Fsp3) is 0. The molecule has 7 N–H and O–H groups in total. The number of nitrogens with zero attached hydrogens (tertiary/aromatic N) is 3. The number of nitrogens with two attached hydrogens (primary N) is 3. The summed E-state index contributed by atoms with van der Waals surface area (Å²) in [5.41, 5.74) is 19.6. The summed E-state index contributed by atoms with van der Waals surface area (Å²) in [5.74, 6) is 0.890.